The van der Waals surface area contributed by atoms with Gasteiger partial charge >= 0.3 is 5.97 Å². The molecule has 1 heterocycles. The lowest BCUT2D eigenvalue weighted by atomic mass is 9.87. The summed E-state index contributed by atoms with van der Waals surface area (Å²) in [6.45, 7) is 5.61. The largest absolute Gasteiger partial charge is 0.479 e. The molecule has 0 spiro atoms. The quantitative estimate of drug-likeness (QED) is 0.349. The Morgan fingerprint density at radius 1 is 1.15 bits per heavy atom. The number of thiocarbonyl (C=S) groups is 1. The second-order valence-electron chi connectivity index (χ2n) is 8.25. The predicted octanol–water partition coefficient (Wildman–Crippen LogP) is 4.59. The van der Waals surface area contributed by atoms with Crippen LogP contribution < -0.4 is 15.0 Å². The summed E-state index contributed by atoms with van der Waals surface area (Å²) in [5.74, 6) is -2.47. The second-order valence-corrected chi connectivity index (χ2v) is 9.45. The normalized spacial score (nSPS) is 15.6. The van der Waals surface area contributed by atoms with E-state index in [-0.39, 0.29) is 31.9 Å². The third kappa shape index (κ3) is 5.52. The number of carboxylic acid groups (broad SMARTS) is 1. The first kappa shape index (κ1) is 24.7. The highest BCUT2D eigenvalue weighted by Crippen LogP contribution is 2.35. The molecule has 2 amide bonds. The van der Waals surface area contributed by atoms with Crippen LogP contribution in [0, 0.1) is 0 Å². The molecule has 2 aromatic rings. The van der Waals surface area contributed by atoms with Gasteiger partial charge < -0.3 is 9.84 Å². The maximum atomic E-state index is 13.2. The van der Waals surface area contributed by atoms with Gasteiger partial charge in [0.05, 0.1) is 15.7 Å². The monoisotopic (exact) mass is 506 g/mol. The van der Waals surface area contributed by atoms with Crippen molar-refractivity contribution >= 4 is 70.1 Å². The number of carboxylic acids is 1. The maximum absolute atomic E-state index is 13.2. The van der Waals surface area contributed by atoms with E-state index in [1.807, 2.05) is 12.1 Å². The van der Waals surface area contributed by atoms with Gasteiger partial charge in [-0.25, -0.2) is 4.79 Å². The molecular formula is C23H20Cl2N2O5S. The summed E-state index contributed by atoms with van der Waals surface area (Å²) in [4.78, 5) is 37.7. The molecule has 0 atom stereocenters. The standard InChI is InChI=1S/C23H20Cl2N2O5S/c1-23(2,3)13-4-6-14(7-5-13)27-21(31)15(20(30)26-22(27)33)8-12-9-16(24)19(17(25)10-12)32-11-18(28)29/h4-10H,11H2,1-3H3,(H,28,29)(H,26,30,33). The van der Waals surface area contributed by atoms with E-state index in [1.165, 1.54) is 23.1 Å². The fraction of sp³-hybridized carbons (Fsp3) is 0.217. The summed E-state index contributed by atoms with van der Waals surface area (Å²) in [7, 11) is 0. The molecule has 3 rings (SSSR count). The zero-order chi connectivity index (χ0) is 24.5. The van der Waals surface area contributed by atoms with Crippen LogP contribution in [0.2, 0.25) is 10.0 Å². The highest BCUT2D eigenvalue weighted by molar-refractivity contribution is 7.80. The second kappa shape index (κ2) is 9.51. The van der Waals surface area contributed by atoms with Gasteiger partial charge in [0.15, 0.2) is 17.5 Å². The van der Waals surface area contributed by atoms with Gasteiger partial charge in [-0.1, -0.05) is 56.1 Å². The molecule has 0 aromatic heterocycles. The van der Waals surface area contributed by atoms with Crippen molar-refractivity contribution in [2.24, 2.45) is 0 Å². The number of benzene rings is 2. The summed E-state index contributed by atoms with van der Waals surface area (Å²) in [6, 6.07) is 10.2. The summed E-state index contributed by atoms with van der Waals surface area (Å²) in [5.41, 5.74) is 1.70. The minimum atomic E-state index is -1.19. The molecule has 10 heteroatoms. The molecule has 7 nitrogen and oxygen atoms in total. The molecule has 2 aromatic carbocycles. The lowest BCUT2D eigenvalue weighted by Crippen LogP contribution is -2.54. The first-order chi connectivity index (χ1) is 15.4. The van der Waals surface area contributed by atoms with Crippen LogP contribution in [0.3, 0.4) is 0 Å². The molecule has 2 N–H and O–H groups in total. The summed E-state index contributed by atoms with van der Waals surface area (Å²) in [5, 5.41) is 11.3. The van der Waals surface area contributed by atoms with Crippen molar-refractivity contribution in [1.29, 1.82) is 0 Å². The van der Waals surface area contributed by atoms with Crippen LogP contribution in [0.4, 0.5) is 5.69 Å². The van der Waals surface area contributed by atoms with Crippen molar-refractivity contribution in [2.75, 3.05) is 11.5 Å². The van der Waals surface area contributed by atoms with E-state index in [9.17, 15) is 14.4 Å². The predicted molar refractivity (Wildman–Crippen MR) is 131 cm³/mol. The number of hydrogen-bond donors (Lipinski definition) is 2. The molecule has 0 aliphatic carbocycles. The highest BCUT2D eigenvalue weighted by atomic mass is 35.5. The van der Waals surface area contributed by atoms with Crippen LogP contribution in [0.25, 0.3) is 6.08 Å². The third-order valence-electron chi connectivity index (χ3n) is 4.76. The van der Waals surface area contributed by atoms with E-state index in [0.717, 1.165) is 5.56 Å². The van der Waals surface area contributed by atoms with Gasteiger partial charge in [-0.15, -0.1) is 0 Å². The number of halogens is 2. The van der Waals surface area contributed by atoms with Crippen LogP contribution in [0.1, 0.15) is 31.9 Å². The average Bonchev–Trinajstić information content (AvgIpc) is 2.70. The van der Waals surface area contributed by atoms with E-state index in [2.05, 4.69) is 26.1 Å². The van der Waals surface area contributed by atoms with Gasteiger partial charge in [-0.2, -0.15) is 0 Å². The van der Waals surface area contributed by atoms with Crippen molar-refractivity contribution in [3.05, 3.63) is 63.1 Å². The SMILES string of the molecule is CC(C)(C)c1ccc(N2C(=O)C(=Cc3cc(Cl)c(OCC(=O)O)c(Cl)c3)C(=O)NC2=S)cc1. The van der Waals surface area contributed by atoms with Gasteiger partial charge in [0.1, 0.15) is 5.57 Å². The number of amides is 2. The van der Waals surface area contributed by atoms with E-state index in [4.69, 9.17) is 45.3 Å². The number of carbonyl (C=O) groups is 3. The Kier molecular flexibility index (Phi) is 7.11. The number of ether oxygens (including phenoxy) is 1. The summed E-state index contributed by atoms with van der Waals surface area (Å²) in [6.07, 6.45) is 1.33. The number of anilines is 1. The van der Waals surface area contributed by atoms with Crippen molar-refractivity contribution in [3.8, 4) is 5.75 Å². The summed E-state index contributed by atoms with van der Waals surface area (Å²) >= 11 is 17.6. The Labute approximate surface area is 205 Å². The fourth-order valence-corrected chi connectivity index (χ4v) is 4.00. The molecular weight excluding hydrogens is 487 g/mol. The number of rotatable bonds is 5. The zero-order valence-corrected chi connectivity index (χ0v) is 20.3. The fourth-order valence-electron chi connectivity index (χ4n) is 3.10. The molecule has 1 fully saturated rings. The minimum Gasteiger partial charge on any atom is -0.479 e. The number of aliphatic carboxylic acids is 1. The van der Waals surface area contributed by atoms with Crippen molar-refractivity contribution in [3.63, 3.8) is 0 Å². The lowest BCUT2D eigenvalue weighted by Gasteiger charge is -2.29. The van der Waals surface area contributed by atoms with Crippen LogP contribution in [0.15, 0.2) is 42.0 Å². The Bertz CT molecular complexity index is 1160. The highest BCUT2D eigenvalue weighted by Gasteiger charge is 2.34. The van der Waals surface area contributed by atoms with Gasteiger partial charge in [0, 0.05) is 0 Å². The van der Waals surface area contributed by atoms with Gasteiger partial charge in [0.25, 0.3) is 11.8 Å². The average molecular weight is 507 g/mol. The number of nitrogens with one attached hydrogen (secondary N) is 1. The molecule has 1 aliphatic rings. The number of hydrogen-bond acceptors (Lipinski definition) is 5. The van der Waals surface area contributed by atoms with Crippen molar-refractivity contribution < 1.29 is 24.2 Å². The third-order valence-corrected chi connectivity index (χ3v) is 5.61. The van der Waals surface area contributed by atoms with Crippen LogP contribution in [-0.2, 0) is 19.8 Å². The first-order valence-corrected chi connectivity index (χ1v) is 10.9. The Hall–Kier alpha value is -2.94. The minimum absolute atomic E-state index is 0.0101. The Morgan fingerprint density at radius 3 is 2.24 bits per heavy atom. The van der Waals surface area contributed by atoms with E-state index in [0.29, 0.717) is 11.3 Å². The molecule has 1 saturated heterocycles. The van der Waals surface area contributed by atoms with Crippen molar-refractivity contribution in [1.82, 2.24) is 5.32 Å². The molecule has 172 valence electrons. The van der Waals surface area contributed by atoms with E-state index >= 15 is 0 Å². The topological polar surface area (TPSA) is 95.9 Å². The number of nitrogens with zero attached hydrogens (tertiary/aromatic N) is 1. The summed E-state index contributed by atoms with van der Waals surface area (Å²) < 4.78 is 5.08. The van der Waals surface area contributed by atoms with Gasteiger partial charge in [0.2, 0.25) is 0 Å². The zero-order valence-electron chi connectivity index (χ0n) is 17.9. The van der Waals surface area contributed by atoms with Gasteiger partial charge in [-0.05, 0) is 59.1 Å². The molecule has 0 radical (unpaired) electrons. The molecule has 33 heavy (non-hydrogen) atoms. The molecule has 0 saturated carbocycles. The Balaban J connectivity index is 1.95. The van der Waals surface area contributed by atoms with Crippen LogP contribution in [0.5, 0.6) is 5.75 Å². The smallest absolute Gasteiger partial charge is 0.341 e. The molecule has 0 unspecified atom stereocenters. The van der Waals surface area contributed by atoms with Gasteiger partial charge in [-0.3, -0.25) is 19.8 Å². The van der Waals surface area contributed by atoms with E-state index < -0.39 is 24.4 Å². The van der Waals surface area contributed by atoms with Crippen molar-refractivity contribution in [2.45, 2.75) is 26.2 Å². The number of carbonyl (C=O) groups excluding carboxylic acids is 2. The Morgan fingerprint density at radius 2 is 1.73 bits per heavy atom. The molecule has 1 aliphatic heterocycles. The maximum Gasteiger partial charge on any atom is 0.341 e. The molecule has 0 bridgehead atoms. The van der Waals surface area contributed by atoms with Crippen LogP contribution >= 0.6 is 35.4 Å². The lowest BCUT2D eigenvalue weighted by molar-refractivity contribution is -0.139. The first-order valence-electron chi connectivity index (χ1n) is 9.74. The van der Waals surface area contributed by atoms with E-state index in [1.54, 1.807) is 12.1 Å². The van der Waals surface area contributed by atoms with Crippen LogP contribution in [-0.4, -0.2) is 34.6 Å².